The molecule has 3 amide bonds. The largest absolute Gasteiger partial charge is 0.459 e. The Morgan fingerprint density at radius 1 is 1.07 bits per heavy atom. The van der Waals surface area contributed by atoms with Crippen LogP contribution >= 0.6 is 0 Å². The van der Waals surface area contributed by atoms with Gasteiger partial charge in [-0.15, -0.1) is 0 Å². The normalized spacial score (nSPS) is 16.6. The van der Waals surface area contributed by atoms with E-state index >= 15 is 0 Å². The second-order valence-corrected chi connectivity index (χ2v) is 12.9. The molecule has 12 nitrogen and oxygen atoms in total. The molecule has 0 aliphatic carbocycles. The van der Waals surface area contributed by atoms with Gasteiger partial charge < -0.3 is 30.6 Å². The number of amidine groups is 1. The second-order valence-electron chi connectivity index (χ2n) is 12.9. The fourth-order valence-corrected chi connectivity index (χ4v) is 4.60. The number of oxime groups is 1. The summed E-state index contributed by atoms with van der Waals surface area (Å²) < 4.78 is 11.1. The summed E-state index contributed by atoms with van der Waals surface area (Å²) >= 11 is 0. The Bertz CT molecular complexity index is 1140. The number of esters is 1. The standard InChI is InChI=1S/C30H47N5O7/c1-19(2)16-23(35(28(39)42-30(6,7)8)18-24(36)41-29(3,4)5)27(38)34-15-9-10-22(34)26(37)32-17-20-11-13-21(14-12-20)25(31)33-40/h11-14,19,22-23,40H,9-10,15-18H2,1-8H3,(H2,31,33)(H,32,37)/t22-,23-/m0/s1. The number of likely N-dealkylation sites (tertiary alicyclic amines) is 1. The number of rotatable bonds is 10. The van der Waals surface area contributed by atoms with Crippen molar-refractivity contribution in [2.75, 3.05) is 13.1 Å². The molecule has 1 saturated heterocycles. The van der Waals surface area contributed by atoms with Crippen molar-refractivity contribution in [3.05, 3.63) is 35.4 Å². The maximum absolute atomic E-state index is 14.1. The number of ether oxygens (including phenoxy) is 2. The van der Waals surface area contributed by atoms with E-state index in [0.717, 1.165) is 10.5 Å². The zero-order chi connectivity index (χ0) is 31.8. The molecule has 0 radical (unpaired) electrons. The number of nitrogens with one attached hydrogen (secondary N) is 1. The minimum Gasteiger partial charge on any atom is -0.459 e. The summed E-state index contributed by atoms with van der Waals surface area (Å²) in [5.74, 6) is -1.43. The molecular formula is C30H47N5O7. The quantitative estimate of drug-likeness (QED) is 0.123. The van der Waals surface area contributed by atoms with Crippen molar-refractivity contribution < 1.29 is 33.9 Å². The minimum atomic E-state index is -1.04. The first-order chi connectivity index (χ1) is 19.4. The Balaban J connectivity index is 2.27. The first kappa shape index (κ1) is 34.4. The van der Waals surface area contributed by atoms with Gasteiger partial charge in [0.25, 0.3) is 0 Å². The maximum Gasteiger partial charge on any atom is 0.411 e. The molecule has 2 atom stereocenters. The highest BCUT2D eigenvalue weighted by Gasteiger charge is 2.42. The van der Waals surface area contributed by atoms with Crippen LogP contribution < -0.4 is 11.1 Å². The molecule has 0 saturated carbocycles. The fourth-order valence-electron chi connectivity index (χ4n) is 4.60. The molecular weight excluding hydrogens is 542 g/mol. The van der Waals surface area contributed by atoms with Gasteiger partial charge in [-0.2, -0.15) is 0 Å². The molecule has 0 unspecified atom stereocenters. The van der Waals surface area contributed by atoms with Crippen molar-refractivity contribution >= 4 is 29.7 Å². The molecule has 1 aromatic carbocycles. The lowest BCUT2D eigenvalue weighted by atomic mass is 10.0. The number of carbonyl (C=O) groups excluding carboxylic acids is 4. The predicted octanol–water partition coefficient (Wildman–Crippen LogP) is 3.38. The summed E-state index contributed by atoms with van der Waals surface area (Å²) in [6.45, 7) is 14.2. The highest BCUT2D eigenvalue weighted by molar-refractivity contribution is 5.97. The third kappa shape index (κ3) is 10.5. The van der Waals surface area contributed by atoms with E-state index in [9.17, 15) is 19.2 Å². The van der Waals surface area contributed by atoms with E-state index < -0.39 is 47.8 Å². The van der Waals surface area contributed by atoms with Crippen molar-refractivity contribution in [1.82, 2.24) is 15.1 Å². The van der Waals surface area contributed by atoms with Crippen molar-refractivity contribution in [1.29, 1.82) is 0 Å². The van der Waals surface area contributed by atoms with Crippen LogP contribution in [0, 0.1) is 5.92 Å². The Morgan fingerprint density at radius 2 is 1.67 bits per heavy atom. The van der Waals surface area contributed by atoms with Gasteiger partial charge in [0.05, 0.1) is 0 Å². The number of hydrogen-bond acceptors (Lipinski definition) is 8. The molecule has 4 N–H and O–H groups in total. The van der Waals surface area contributed by atoms with Gasteiger partial charge in [-0.05, 0) is 72.3 Å². The predicted molar refractivity (Wildman–Crippen MR) is 158 cm³/mol. The number of carbonyl (C=O) groups is 4. The maximum atomic E-state index is 14.1. The highest BCUT2D eigenvalue weighted by Crippen LogP contribution is 2.25. The van der Waals surface area contributed by atoms with Crippen molar-refractivity contribution in [3.8, 4) is 0 Å². The molecule has 42 heavy (non-hydrogen) atoms. The van der Waals surface area contributed by atoms with Gasteiger partial charge in [-0.3, -0.25) is 19.3 Å². The van der Waals surface area contributed by atoms with Crippen LogP contribution in [0.3, 0.4) is 0 Å². The third-order valence-electron chi connectivity index (χ3n) is 6.37. The summed E-state index contributed by atoms with van der Waals surface area (Å²) in [5, 5.41) is 14.7. The lowest BCUT2D eigenvalue weighted by molar-refractivity contribution is -0.158. The minimum absolute atomic E-state index is 0.00899. The molecule has 1 aliphatic rings. The van der Waals surface area contributed by atoms with Gasteiger partial charge in [-0.1, -0.05) is 43.3 Å². The average Bonchev–Trinajstić information content (AvgIpc) is 3.36. The number of nitrogens with two attached hydrogens (primary N) is 1. The fraction of sp³-hybridized carbons (Fsp3) is 0.633. The van der Waals surface area contributed by atoms with E-state index in [1.54, 1.807) is 65.8 Å². The molecule has 234 valence electrons. The summed E-state index contributed by atoms with van der Waals surface area (Å²) in [6, 6.07) is 5.08. The summed E-state index contributed by atoms with van der Waals surface area (Å²) in [4.78, 5) is 56.2. The summed E-state index contributed by atoms with van der Waals surface area (Å²) in [7, 11) is 0. The van der Waals surface area contributed by atoms with Crippen molar-refractivity contribution in [3.63, 3.8) is 0 Å². The van der Waals surface area contributed by atoms with E-state index in [-0.39, 0.29) is 30.6 Å². The van der Waals surface area contributed by atoms with Crippen LogP contribution in [0.15, 0.2) is 29.4 Å². The second kappa shape index (κ2) is 14.4. The molecule has 1 heterocycles. The monoisotopic (exact) mass is 589 g/mol. The van der Waals surface area contributed by atoms with Crippen LogP contribution in [0.2, 0.25) is 0 Å². The lowest BCUT2D eigenvalue weighted by Crippen LogP contribution is -2.57. The van der Waals surface area contributed by atoms with Crippen LogP contribution in [-0.4, -0.2) is 81.1 Å². The summed E-state index contributed by atoms with van der Waals surface area (Å²) in [6.07, 6.45) is 0.541. The molecule has 12 heteroatoms. The molecule has 1 aromatic rings. The molecule has 2 rings (SSSR count). The smallest absolute Gasteiger partial charge is 0.411 e. The average molecular weight is 590 g/mol. The van der Waals surface area contributed by atoms with Gasteiger partial charge in [0.15, 0.2) is 5.84 Å². The molecule has 1 aliphatic heterocycles. The van der Waals surface area contributed by atoms with Gasteiger partial charge in [-0.25, -0.2) is 4.79 Å². The zero-order valence-corrected chi connectivity index (χ0v) is 26.1. The van der Waals surface area contributed by atoms with Crippen molar-refractivity contribution in [2.45, 2.75) is 104 Å². The van der Waals surface area contributed by atoms with E-state index in [0.29, 0.717) is 24.9 Å². The van der Waals surface area contributed by atoms with Gasteiger partial charge in [0.1, 0.15) is 29.8 Å². The Kier molecular flexibility index (Phi) is 11.8. The Morgan fingerprint density at radius 3 is 2.19 bits per heavy atom. The van der Waals surface area contributed by atoms with Crippen LogP contribution in [-0.2, 0) is 30.4 Å². The molecule has 1 fully saturated rings. The van der Waals surface area contributed by atoms with Crippen LogP contribution in [0.5, 0.6) is 0 Å². The summed E-state index contributed by atoms with van der Waals surface area (Å²) in [5.41, 5.74) is 5.29. The Hall–Kier alpha value is -3.83. The Labute approximate surface area is 248 Å². The number of benzene rings is 1. The van der Waals surface area contributed by atoms with Crippen LogP contribution in [0.4, 0.5) is 4.79 Å². The van der Waals surface area contributed by atoms with Crippen molar-refractivity contribution in [2.24, 2.45) is 16.8 Å². The number of nitrogens with zero attached hydrogens (tertiary/aromatic N) is 3. The SMILES string of the molecule is CC(C)C[C@@H](C(=O)N1CCC[C@H]1C(=O)NCc1ccc(C(N)=NO)cc1)N(CC(=O)OC(C)(C)C)C(=O)OC(C)(C)C. The number of hydrogen-bond donors (Lipinski definition) is 3. The van der Waals surface area contributed by atoms with E-state index in [1.807, 2.05) is 13.8 Å². The van der Waals surface area contributed by atoms with Crippen LogP contribution in [0.1, 0.15) is 85.8 Å². The first-order valence-corrected chi connectivity index (χ1v) is 14.3. The van der Waals surface area contributed by atoms with Crippen LogP contribution in [0.25, 0.3) is 0 Å². The number of amides is 3. The van der Waals surface area contributed by atoms with Gasteiger partial charge >= 0.3 is 12.1 Å². The van der Waals surface area contributed by atoms with E-state index in [4.69, 9.17) is 20.4 Å². The molecule has 0 aromatic heterocycles. The third-order valence-corrected chi connectivity index (χ3v) is 6.37. The molecule has 0 bridgehead atoms. The zero-order valence-electron chi connectivity index (χ0n) is 26.1. The highest BCUT2D eigenvalue weighted by atomic mass is 16.6. The topological polar surface area (TPSA) is 164 Å². The first-order valence-electron chi connectivity index (χ1n) is 14.3. The molecule has 0 spiro atoms. The lowest BCUT2D eigenvalue weighted by Gasteiger charge is -2.36. The van der Waals surface area contributed by atoms with E-state index in [2.05, 4.69) is 10.5 Å². The van der Waals surface area contributed by atoms with E-state index in [1.165, 1.54) is 4.90 Å². The van der Waals surface area contributed by atoms with Gasteiger partial charge in [0, 0.05) is 18.7 Å². The van der Waals surface area contributed by atoms with Gasteiger partial charge in [0.2, 0.25) is 11.8 Å².